The normalized spacial score (nSPS) is 21.5. The topological polar surface area (TPSA) is 83.6 Å². The number of aliphatic hydroxyl groups excluding tert-OH is 1. The number of sulfonamides is 1. The van der Waals surface area contributed by atoms with E-state index in [2.05, 4.69) is 0 Å². The lowest BCUT2D eigenvalue weighted by Gasteiger charge is -2.29. The van der Waals surface area contributed by atoms with Crippen LogP contribution in [0, 0.1) is 5.82 Å². The second-order valence-electron chi connectivity index (χ2n) is 4.46. The van der Waals surface area contributed by atoms with Gasteiger partial charge in [-0.1, -0.05) is 11.6 Å². The summed E-state index contributed by atoms with van der Waals surface area (Å²) in [5.74, 6) is -0.761. The number of hydrogen-bond donors (Lipinski definition) is 2. The van der Waals surface area contributed by atoms with Crippen LogP contribution in [-0.2, 0) is 10.0 Å². The molecular weight excluding hydrogens is 295 g/mol. The molecule has 2 rings (SSSR count). The van der Waals surface area contributed by atoms with Gasteiger partial charge in [-0.05, 0) is 25.0 Å². The van der Waals surface area contributed by atoms with Crippen molar-refractivity contribution >= 4 is 27.3 Å². The van der Waals surface area contributed by atoms with Gasteiger partial charge in [-0.3, -0.25) is 0 Å². The Kier molecular flexibility index (Phi) is 4.00. The number of halogens is 2. The van der Waals surface area contributed by atoms with Gasteiger partial charge in [0.05, 0.1) is 16.8 Å². The number of aliphatic hydroxyl groups is 1. The molecule has 0 aliphatic carbocycles. The highest BCUT2D eigenvalue weighted by Crippen LogP contribution is 2.30. The van der Waals surface area contributed by atoms with E-state index in [1.54, 1.807) is 0 Å². The van der Waals surface area contributed by atoms with Crippen LogP contribution < -0.4 is 5.73 Å². The number of anilines is 1. The number of nitrogen functional groups attached to an aromatic ring is 1. The molecule has 19 heavy (non-hydrogen) atoms. The highest BCUT2D eigenvalue weighted by Gasteiger charge is 2.31. The Morgan fingerprint density at radius 2 is 2.16 bits per heavy atom. The van der Waals surface area contributed by atoms with Crippen molar-refractivity contribution in [1.82, 2.24) is 4.31 Å². The number of β-amino-alcohol motifs (C(OH)–C–C–N with tert-alkyl or cyclic N) is 1. The molecule has 1 aromatic carbocycles. The second-order valence-corrected chi connectivity index (χ2v) is 6.78. The molecule has 8 heteroatoms. The van der Waals surface area contributed by atoms with Crippen LogP contribution in [0.1, 0.15) is 12.8 Å². The predicted molar refractivity (Wildman–Crippen MR) is 69.8 cm³/mol. The van der Waals surface area contributed by atoms with E-state index < -0.39 is 21.9 Å². The molecule has 1 atom stereocenters. The van der Waals surface area contributed by atoms with E-state index in [0.29, 0.717) is 19.4 Å². The van der Waals surface area contributed by atoms with E-state index in [0.717, 1.165) is 16.4 Å². The van der Waals surface area contributed by atoms with Crippen molar-refractivity contribution in [2.75, 3.05) is 18.8 Å². The third-order valence-electron chi connectivity index (χ3n) is 3.03. The first-order chi connectivity index (χ1) is 8.82. The van der Waals surface area contributed by atoms with Crippen molar-refractivity contribution in [3.63, 3.8) is 0 Å². The van der Waals surface area contributed by atoms with Crippen molar-refractivity contribution < 1.29 is 17.9 Å². The zero-order valence-electron chi connectivity index (χ0n) is 10.0. The maximum absolute atomic E-state index is 13.2. The summed E-state index contributed by atoms with van der Waals surface area (Å²) < 4.78 is 39.1. The van der Waals surface area contributed by atoms with E-state index in [1.165, 1.54) is 0 Å². The Bertz CT molecular complexity index is 594. The fraction of sp³-hybridized carbons (Fsp3) is 0.455. The van der Waals surface area contributed by atoms with E-state index >= 15 is 0 Å². The van der Waals surface area contributed by atoms with Crippen LogP contribution in [0.4, 0.5) is 10.1 Å². The summed E-state index contributed by atoms with van der Waals surface area (Å²) in [5.41, 5.74) is 5.10. The summed E-state index contributed by atoms with van der Waals surface area (Å²) in [6.07, 6.45) is 0.431. The third kappa shape index (κ3) is 2.84. The van der Waals surface area contributed by atoms with Crippen LogP contribution in [0.25, 0.3) is 0 Å². The average Bonchev–Trinajstić information content (AvgIpc) is 2.33. The van der Waals surface area contributed by atoms with Gasteiger partial charge >= 0.3 is 0 Å². The molecule has 1 aromatic rings. The smallest absolute Gasteiger partial charge is 0.244 e. The lowest BCUT2D eigenvalue weighted by atomic mass is 10.1. The summed E-state index contributed by atoms with van der Waals surface area (Å²) in [7, 11) is -3.87. The van der Waals surface area contributed by atoms with E-state index in [9.17, 15) is 17.9 Å². The van der Waals surface area contributed by atoms with E-state index in [4.69, 9.17) is 17.3 Å². The molecule has 0 aromatic heterocycles. The van der Waals surface area contributed by atoms with E-state index in [-0.39, 0.29) is 22.2 Å². The number of benzene rings is 1. The summed E-state index contributed by atoms with van der Waals surface area (Å²) in [6.45, 7) is 0.308. The summed E-state index contributed by atoms with van der Waals surface area (Å²) >= 11 is 5.78. The van der Waals surface area contributed by atoms with E-state index in [1.807, 2.05) is 0 Å². The fourth-order valence-electron chi connectivity index (χ4n) is 2.02. The molecule has 1 heterocycles. The van der Waals surface area contributed by atoms with Gasteiger partial charge in [-0.2, -0.15) is 4.31 Å². The van der Waals surface area contributed by atoms with Crippen molar-refractivity contribution in [2.45, 2.75) is 23.8 Å². The quantitative estimate of drug-likeness (QED) is 0.804. The SMILES string of the molecule is Nc1cc(S(=O)(=O)N2CCC[C@H](O)C2)c(Cl)cc1F. The Labute approximate surface area is 115 Å². The summed E-state index contributed by atoms with van der Waals surface area (Å²) in [4.78, 5) is -0.234. The maximum atomic E-state index is 13.2. The van der Waals surface area contributed by atoms with Crippen molar-refractivity contribution in [3.05, 3.63) is 23.0 Å². The number of piperidine rings is 1. The number of hydrogen-bond acceptors (Lipinski definition) is 4. The maximum Gasteiger partial charge on any atom is 0.244 e. The molecule has 1 aliphatic rings. The monoisotopic (exact) mass is 308 g/mol. The van der Waals surface area contributed by atoms with Crippen molar-refractivity contribution in [1.29, 1.82) is 0 Å². The lowest BCUT2D eigenvalue weighted by molar-refractivity contribution is 0.108. The first-order valence-corrected chi connectivity index (χ1v) is 7.57. The van der Waals surface area contributed by atoms with Crippen LogP contribution in [0.3, 0.4) is 0 Å². The molecule has 1 saturated heterocycles. The Morgan fingerprint density at radius 1 is 1.47 bits per heavy atom. The molecule has 0 saturated carbocycles. The molecule has 106 valence electrons. The summed E-state index contributed by atoms with van der Waals surface area (Å²) in [6, 6.07) is 1.89. The van der Waals surface area contributed by atoms with Gasteiger partial charge < -0.3 is 10.8 Å². The first kappa shape index (κ1) is 14.5. The van der Waals surface area contributed by atoms with Gasteiger partial charge in [0.2, 0.25) is 10.0 Å². The zero-order chi connectivity index (χ0) is 14.2. The van der Waals surface area contributed by atoms with Crippen molar-refractivity contribution in [2.24, 2.45) is 0 Å². The zero-order valence-corrected chi connectivity index (χ0v) is 11.6. The highest BCUT2D eigenvalue weighted by atomic mass is 35.5. The standard InChI is InChI=1S/C11H14ClFN2O3S/c12-8-4-9(13)10(14)5-11(8)19(17,18)15-3-1-2-7(16)6-15/h4-5,7,16H,1-3,6,14H2/t7-/m0/s1. The third-order valence-corrected chi connectivity index (χ3v) is 5.36. The molecule has 0 unspecified atom stereocenters. The van der Waals surface area contributed by atoms with Gasteiger partial charge in [0.25, 0.3) is 0 Å². The lowest BCUT2D eigenvalue weighted by Crippen LogP contribution is -2.42. The summed E-state index contributed by atoms with van der Waals surface area (Å²) in [5, 5.41) is 9.32. The minimum atomic E-state index is -3.87. The van der Waals surface area contributed by atoms with Crippen LogP contribution in [0.5, 0.6) is 0 Å². The molecule has 3 N–H and O–H groups in total. The largest absolute Gasteiger partial charge is 0.396 e. The van der Waals surface area contributed by atoms with Crippen LogP contribution in [0.2, 0.25) is 5.02 Å². The predicted octanol–water partition coefficient (Wildman–Crippen LogP) is 1.21. The number of nitrogens with zero attached hydrogens (tertiary/aromatic N) is 1. The molecule has 1 aliphatic heterocycles. The molecule has 0 spiro atoms. The van der Waals surface area contributed by atoms with Crippen LogP contribution >= 0.6 is 11.6 Å². The molecular formula is C11H14ClFN2O3S. The second kappa shape index (κ2) is 5.24. The molecule has 0 bridgehead atoms. The Balaban J connectivity index is 2.42. The van der Waals surface area contributed by atoms with Gasteiger partial charge in [-0.25, -0.2) is 12.8 Å². The minimum absolute atomic E-state index is 0.00986. The number of rotatable bonds is 2. The van der Waals surface area contributed by atoms with Crippen LogP contribution in [-0.4, -0.2) is 37.0 Å². The fourth-order valence-corrected chi connectivity index (χ4v) is 4.06. The van der Waals surface area contributed by atoms with Crippen molar-refractivity contribution in [3.8, 4) is 0 Å². The van der Waals surface area contributed by atoms with Gasteiger partial charge in [0.1, 0.15) is 10.7 Å². The Hall–Kier alpha value is -0.890. The first-order valence-electron chi connectivity index (χ1n) is 5.75. The average molecular weight is 309 g/mol. The number of nitrogens with two attached hydrogens (primary N) is 1. The van der Waals surface area contributed by atoms with Gasteiger partial charge in [-0.15, -0.1) is 0 Å². The molecule has 5 nitrogen and oxygen atoms in total. The van der Waals surface area contributed by atoms with Gasteiger partial charge in [0.15, 0.2) is 0 Å². The Morgan fingerprint density at radius 3 is 2.79 bits per heavy atom. The van der Waals surface area contributed by atoms with Gasteiger partial charge in [0, 0.05) is 13.1 Å². The highest BCUT2D eigenvalue weighted by molar-refractivity contribution is 7.89. The molecule has 0 amide bonds. The molecule has 0 radical (unpaired) electrons. The van der Waals surface area contributed by atoms with Crippen LogP contribution in [0.15, 0.2) is 17.0 Å². The minimum Gasteiger partial charge on any atom is -0.396 e. The molecule has 1 fully saturated rings.